The Bertz CT molecular complexity index is 923. The molecule has 1 amide bonds. The van der Waals surface area contributed by atoms with E-state index in [0.29, 0.717) is 5.13 Å². The molecule has 0 bridgehead atoms. The first kappa shape index (κ1) is 16.4. The van der Waals surface area contributed by atoms with Crippen LogP contribution in [0, 0.1) is 0 Å². The fraction of sp³-hybridized carbons (Fsp3) is 0. The number of anilines is 1. The molecular weight excluding hydrogens is 392 g/mol. The number of hydrogen-bond donors (Lipinski definition) is 2. The highest BCUT2D eigenvalue weighted by Gasteiger charge is 2.17. The molecule has 0 aliphatic heterocycles. The number of aromatic nitrogens is 1. The third kappa shape index (κ3) is 3.52. The number of halogens is 1. The lowest BCUT2D eigenvalue weighted by Crippen LogP contribution is -2.16. The van der Waals surface area contributed by atoms with Crippen LogP contribution in [-0.2, 0) is 0 Å². The summed E-state index contributed by atoms with van der Waals surface area (Å²) in [5.41, 5.74) is 1.72. The van der Waals surface area contributed by atoms with Crippen LogP contribution in [0.15, 0.2) is 58.4 Å². The van der Waals surface area contributed by atoms with Gasteiger partial charge in [-0.15, -0.1) is 11.3 Å². The van der Waals surface area contributed by atoms with Crippen molar-refractivity contribution >= 4 is 44.3 Å². The maximum absolute atomic E-state index is 12.3. The Morgan fingerprint density at radius 3 is 2.54 bits per heavy atom. The molecule has 0 fully saturated rings. The van der Waals surface area contributed by atoms with Gasteiger partial charge in [0.2, 0.25) is 0 Å². The summed E-state index contributed by atoms with van der Waals surface area (Å²) in [6.07, 6.45) is 0. The minimum absolute atomic E-state index is 0.0428. The van der Waals surface area contributed by atoms with Gasteiger partial charge in [-0.2, -0.15) is 0 Å². The fourth-order valence-electron chi connectivity index (χ4n) is 2.14. The lowest BCUT2D eigenvalue weighted by Gasteiger charge is -2.05. The molecule has 7 heteroatoms. The van der Waals surface area contributed by atoms with Gasteiger partial charge in [0, 0.05) is 15.4 Å². The van der Waals surface area contributed by atoms with Crippen LogP contribution in [0.4, 0.5) is 5.13 Å². The van der Waals surface area contributed by atoms with Gasteiger partial charge in [0.15, 0.2) is 5.13 Å². The zero-order valence-electron chi connectivity index (χ0n) is 12.2. The summed E-state index contributed by atoms with van der Waals surface area (Å²) in [6, 6.07) is 13.7. The molecule has 0 atom stereocenters. The van der Waals surface area contributed by atoms with Crippen molar-refractivity contribution in [2.24, 2.45) is 0 Å². The van der Waals surface area contributed by atoms with Gasteiger partial charge in [-0.05, 0) is 24.3 Å². The van der Waals surface area contributed by atoms with Crippen LogP contribution >= 0.6 is 27.3 Å². The standard InChI is InChI=1S/C17H11BrN2O3S/c18-11-5-3-4-10(8-11)14-9-24-17(19-14)20-15(21)12-6-1-2-7-13(12)16(22)23/h1-9H,(H,22,23)(H,19,20,21). The number of nitrogens with zero attached hydrogens (tertiary/aromatic N) is 1. The van der Waals surface area contributed by atoms with Gasteiger partial charge in [0.1, 0.15) is 0 Å². The zero-order valence-corrected chi connectivity index (χ0v) is 14.6. The van der Waals surface area contributed by atoms with Crippen LogP contribution in [0.1, 0.15) is 20.7 Å². The first-order valence-corrected chi connectivity index (χ1v) is 8.57. The zero-order chi connectivity index (χ0) is 17.1. The number of amides is 1. The highest BCUT2D eigenvalue weighted by atomic mass is 79.9. The van der Waals surface area contributed by atoms with E-state index in [1.807, 2.05) is 29.6 Å². The number of thiazole rings is 1. The molecule has 0 aliphatic carbocycles. The first-order valence-electron chi connectivity index (χ1n) is 6.90. The van der Waals surface area contributed by atoms with Crippen LogP contribution in [0.3, 0.4) is 0 Å². The number of benzene rings is 2. The summed E-state index contributed by atoms with van der Waals surface area (Å²) in [5, 5.41) is 14.1. The molecule has 2 N–H and O–H groups in total. The Kier molecular flexibility index (Phi) is 4.73. The third-order valence-corrected chi connectivity index (χ3v) is 4.50. The average molecular weight is 403 g/mol. The number of aromatic carboxylic acids is 1. The molecule has 0 aliphatic rings. The maximum Gasteiger partial charge on any atom is 0.336 e. The molecule has 0 radical (unpaired) electrons. The Hall–Kier alpha value is -2.51. The van der Waals surface area contributed by atoms with Gasteiger partial charge in [-0.25, -0.2) is 9.78 Å². The predicted molar refractivity (Wildman–Crippen MR) is 96.6 cm³/mol. The van der Waals surface area contributed by atoms with Gasteiger partial charge in [-0.3, -0.25) is 10.1 Å². The first-order chi connectivity index (χ1) is 11.5. The molecule has 24 heavy (non-hydrogen) atoms. The minimum atomic E-state index is -1.14. The van der Waals surface area contributed by atoms with E-state index >= 15 is 0 Å². The Labute approximate surface area is 150 Å². The Morgan fingerprint density at radius 2 is 1.83 bits per heavy atom. The third-order valence-electron chi connectivity index (χ3n) is 3.25. The highest BCUT2D eigenvalue weighted by molar-refractivity contribution is 9.10. The van der Waals surface area contributed by atoms with E-state index in [4.69, 9.17) is 5.11 Å². The normalized spacial score (nSPS) is 10.4. The topological polar surface area (TPSA) is 79.3 Å². The van der Waals surface area contributed by atoms with Gasteiger partial charge in [0.25, 0.3) is 5.91 Å². The molecular formula is C17H11BrN2O3S. The number of nitrogens with one attached hydrogen (secondary N) is 1. The SMILES string of the molecule is O=C(O)c1ccccc1C(=O)Nc1nc(-c2cccc(Br)c2)cs1. The number of carboxylic acid groups (broad SMARTS) is 1. The maximum atomic E-state index is 12.3. The number of rotatable bonds is 4. The highest BCUT2D eigenvalue weighted by Crippen LogP contribution is 2.27. The van der Waals surface area contributed by atoms with Crippen molar-refractivity contribution in [3.05, 3.63) is 69.5 Å². The van der Waals surface area contributed by atoms with E-state index < -0.39 is 11.9 Å². The number of carboxylic acids is 1. The van der Waals surface area contributed by atoms with Crippen molar-refractivity contribution in [2.75, 3.05) is 5.32 Å². The molecule has 3 rings (SSSR count). The second-order valence-electron chi connectivity index (χ2n) is 4.85. The predicted octanol–water partition coefficient (Wildman–Crippen LogP) is 4.52. The largest absolute Gasteiger partial charge is 0.478 e. The lowest BCUT2D eigenvalue weighted by atomic mass is 10.1. The van der Waals surface area contributed by atoms with Gasteiger partial charge < -0.3 is 5.11 Å². The molecule has 0 spiro atoms. The van der Waals surface area contributed by atoms with Crippen LogP contribution in [0.25, 0.3) is 11.3 Å². The summed E-state index contributed by atoms with van der Waals surface area (Å²) in [5.74, 6) is -1.64. The van der Waals surface area contributed by atoms with Crippen molar-refractivity contribution in [3.63, 3.8) is 0 Å². The Morgan fingerprint density at radius 1 is 1.08 bits per heavy atom. The molecule has 2 aromatic carbocycles. The molecule has 0 unspecified atom stereocenters. The molecule has 120 valence electrons. The van der Waals surface area contributed by atoms with Gasteiger partial charge >= 0.3 is 5.97 Å². The summed E-state index contributed by atoms with van der Waals surface area (Å²) in [6.45, 7) is 0. The Balaban J connectivity index is 1.83. The average Bonchev–Trinajstić information content (AvgIpc) is 3.03. The van der Waals surface area contributed by atoms with Crippen molar-refractivity contribution < 1.29 is 14.7 Å². The number of carbonyl (C=O) groups is 2. The summed E-state index contributed by atoms with van der Waals surface area (Å²) < 4.78 is 0.939. The second-order valence-corrected chi connectivity index (χ2v) is 6.63. The van der Waals surface area contributed by atoms with Crippen LogP contribution in [-0.4, -0.2) is 22.0 Å². The lowest BCUT2D eigenvalue weighted by molar-refractivity contribution is 0.0692. The van der Waals surface area contributed by atoms with Gasteiger partial charge in [0.05, 0.1) is 16.8 Å². The van der Waals surface area contributed by atoms with Crippen molar-refractivity contribution in [1.82, 2.24) is 4.98 Å². The molecule has 3 aromatic rings. The van der Waals surface area contributed by atoms with E-state index in [2.05, 4.69) is 26.2 Å². The molecule has 1 aromatic heterocycles. The minimum Gasteiger partial charge on any atom is -0.478 e. The summed E-state index contributed by atoms with van der Waals surface area (Å²) in [7, 11) is 0. The molecule has 1 heterocycles. The second kappa shape index (κ2) is 6.94. The summed E-state index contributed by atoms with van der Waals surface area (Å²) >= 11 is 4.69. The van der Waals surface area contributed by atoms with Crippen molar-refractivity contribution in [2.45, 2.75) is 0 Å². The monoisotopic (exact) mass is 402 g/mol. The summed E-state index contributed by atoms with van der Waals surface area (Å²) in [4.78, 5) is 27.9. The van der Waals surface area contributed by atoms with Crippen molar-refractivity contribution in [3.8, 4) is 11.3 Å². The molecule has 0 saturated heterocycles. The van der Waals surface area contributed by atoms with E-state index in [-0.39, 0.29) is 11.1 Å². The van der Waals surface area contributed by atoms with Crippen LogP contribution in [0.2, 0.25) is 0 Å². The van der Waals surface area contributed by atoms with E-state index in [1.54, 1.807) is 12.1 Å². The van der Waals surface area contributed by atoms with Crippen molar-refractivity contribution in [1.29, 1.82) is 0 Å². The number of carbonyl (C=O) groups excluding carboxylic acids is 1. The quantitative estimate of drug-likeness (QED) is 0.671. The molecule has 5 nitrogen and oxygen atoms in total. The van der Waals surface area contributed by atoms with Gasteiger partial charge in [-0.1, -0.05) is 40.2 Å². The van der Waals surface area contributed by atoms with E-state index in [1.165, 1.54) is 23.5 Å². The smallest absolute Gasteiger partial charge is 0.336 e. The molecule has 0 saturated carbocycles. The van der Waals surface area contributed by atoms with Crippen LogP contribution in [0.5, 0.6) is 0 Å². The van der Waals surface area contributed by atoms with E-state index in [0.717, 1.165) is 15.7 Å². The van der Waals surface area contributed by atoms with E-state index in [9.17, 15) is 9.59 Å². The number of hydrogen-bond acceptors (Lipinski definition) is 4. The fourth-order valence-corrected chi connectivity index (χ4v) is 3.26. The van der Waals surface area contributed by atoms with Crippen LogP contribution < -0.4 is 5.32 Å².